The zero-order valence-corrected chi connectivity index (χ0v) is 30.1. The van der Waals surface area contributed by atoms with Gasteiger partial charge in [-0.2, -0.15) is 0 Å². The van der Waals surface area contributed by atoms with Crippen LogP contribution in [0.3, 0.4) is 0 Å². The van der Waals surface area contributed by atoms with E-state index in [1.54, 1.807) is 0 Å². The van der Waals surface area contributed by atoms with E-state index >= 15 is 0 Å². The molecule has 0 nitrogen and oxygen atoms in total. The molecule has 0 heterocycles. The Morgan fingerprint density at radius 3 is 1.10 bits per heavy atom. The molecule has 0 aromatic heterocycles. The molecule has 0 bridgehead atoms. The predicted octanol–water partition coefficient (Wildman–Crippen LogP) is 14.8. The van der Waals surface area contributed by atoms with Crippen molar-refractivity contribution in [1.82, 2.24) is 0 Å². The lowest BCUT2D eigenvalue weighted by molar-refractivity contribution is 0.667. The Bertz CT molecular complexity index is 1940. The van der Waals surface area contributed by atoms with E-state index in [0.717, 1.165) is 0 Å². The molecule has 50 heavy (non-hydrogen) atoms. The van der Waals surface area contributed by atoms with Crippen LogP contribution >= 0.6 is 0 Å². The fourth-order valence-electron chi connectivity index (χ4n) is 6.90. The van der Waals surface area contributed by atoms with Gasteiger partial charge in [0.1, 0.15) is 0 Å². The van der Waals surface area contributed by atoms with E-state index in [1.165, 1.54) is 130 Å². The van der Waals surface area contributed by atoms with Crippen molar-refractivity contribution in [2.45, 2.75) is 78.1 Å². The summed E-state index contributed by atoms with van der Waals surface area (Å²) in [5, 5.41) is 7.74. The van der Waals surface area contributed by atoms with E-state index in [1.807, 2.05) is 0 Å². The highest BCUT2D eigenvalue weighted by Crippen LogP contribution is 2.32. The van der Waals surface area contributed by atoms with Gasteiger partial charge in [-0.05, 0) is 104 Å². The number of hydrogen-bond donors (Lipinski definition) is 0. The first-order valence-corrected chi connectivity index (χ1v) is 19.0. The molecule has 6 rings (SSSR count). The number of unbranched alkanes of at least 4 members (excludes halogenated alkanes) is 6. The minimum absolute atomic E-state index is 1.18. The third-order valence-electron chi connectivity index (χ3n) is 9.86. The molecular formula is C50H52. The van der Waals surface area contributed by atoms with Gasteiger partial charge in [0.25, 0.3) is 0 Å². The molecule has 0 atom stereocenters. The van der Waals surface area contributed by atoms with Crippen molar-refractivity contribution in [1.29, 1.82) is 0 Å². The van der Waals surface area contributed by atoms with Crippen LogP contribution in [0.25, 0.3) is 56.6 Å². The van der Waals surface area contributed by atoms with Crippen molar-refractivity contribution in [3.8, 4) is 0 Å². The van der Waals surface area contributed by atoms with E-state index in [0.29, 0.717) is 0 Å². The van der Waals surface area contributed by atoms with Crippen LogP contribution in [0.15, 0.2) is 133 Å². The van der Waals surface area contributed by atoms with Crippen molar-refractivity contribution >= 4 is 56.6 Å². The summed E-state index contributed by atoms with van der Waals surface area (Å²) in [7, 11) is 0. The van der Waals surface area contributed by atoms with Crippen LogP contribution in [0, 0.1) is 0 Å². The quantitative estimate of drug-likeness (QED) is 0.0554. The second kappa shape index (κ2) is 18.2. The van der Waals surface area contributed by atoms with Crippen molar-refractivity contribution in [3.63, 3.8) is 0 Å². The van der Waals surface area contributed by atoms with Crippen LogP contribution in [0.4, 0.5) is 0 Å². The van der Waals surface area contributed by atoms with E-state index in [2.05, 4.69) is 172 Å². The molecule has 0 saturated heterocycles. The summed E-state index contributed by atoms with van der Waals surface area (Å²) < 4.78 is 0. The highest BCUT2D eigenvalue weighted by atomic mass is 14.1. The van der Waals surface area contributed by atoms with Gasteiger partial charge in [0.15, 0.2) is 0 Å². The molecule has 6 aromatic rings. The van der Waals surface area contributed by atoms with Gasteiger partial charge >= 0.3 is 0 Å². The number of hydrogen-bond acceptors (Lipinski definition) is 0. The van der Waals surface area contributed by atoms with E-state index in [-0.39, 0.29) is 0 Å². The van der Waals surface area contributed by atoms with E-state index in [9.17, 15) is 0 Å². The third kappa shape index (κ3) is 9.60. The smallest absolute Gasteiger partial charge is 0.00990 e. The molecule has 0 unspecified atom stereocenters. The van der Waals surface area contributed by atoms with Gasteiger partial charge in [0, 0.05) is 0 Å². The summed E-state index contributed by atoms with van der Waals surface area (Å²) in [6.45, 7) is 4.53. The van der Waals surface area contributed by atoms with E-state index in [4.69, 9.17) is 0 Å². The van der Waals surface area contributed by atoms with E-state index < -0.39 is 0 Å². The van der Waals surface area contributed by atoms with Gasteiger partial charge in [-0.3, -0.25) is 0 Å². The first-order valence-electron chi connectivity index (χ1n) is 19.0. The largest absolute Gasteiger partial charge is 0.0654 e. The molecule has 0 aliphatic rings. The highest BCUT2D eigenvalue weighted by molar-refractivity contribution is 6.17. The summed E-state index contributed by atoms with van der Waals surface area (Å²) in [5.74, 6) is 0. The van der Waals surface area contributed by atoms with Crippen molar-refractivity contribution in [3.05, 3.63) is 167 Å². The number of rotatable bonds is 16. The summed E-state index contributed by atoms with van der Waals surface area (Å²) in [6, 6.07) is 40.7. The Kier molecular flexibility index (Phi) is 12.7. The number of allylic oxidation sites excluding steroid dienone is 4. The van der Waals surface area contributed by atoms with Gasteiger partial charge in [0.05, 0.1) is 0 Å². The molecular weight excluding hydrogens is 601 g/mol. The van der Waals surface area contributed by atoms with Crippen LogP contribution in [-0.4, -0.2) is 0 Å². The second-order valence-electron chi connectivity index (χ2n) is 13.7. The average Bonchev–Trinajstić information content (AvgIpc) is 3.16. The summed E-state index contributed by atoms with van der Waals surface area (Å²) >= 11 is 0. The molecule has 0 radical (unpaired) electrons. The average molecular weight is 653 g/mol. The molecule has 0 aliphatic carbocycles. The van der Waals surface area contributed by atoms with Gasteiger partial charge in [-0.1, -0.05) is 198 Å². The SMILES string of the molecule is CCCCCCc1ccc(C=CC=Cc2ccc3c(ccc4c5ccc(C=CC=Cc6ccc(CCCCCC)cc6)cc5ccc34)c2)cc1. The Labute approximate surface area is 300 Å². The first-order chi connectivity index (χ1) is 24.7. The van der Waals surface area contributed by atoms with Gasteiger partial charge < -0.3 is 0 Å². The van der Waals surface area contributed by atoms with Crippen LogP contribution in [0.5, 0.6) is 0 Å². The van der Waals surface area contributed by atoms with Crippen molar-refractivity contribution < 1.29 is 0 Å². The van der Waals surface area contributed by atoms with Crippen molar-refractivity contribution in [2.75, 3.05) is 0 Å². The van der Waals surface area contributed by atoms with Crippen molar-refractivity contribution in [2.24, 2.45) is 0 Å². The van der Waals surface area contributed by atoms with Crippen LogP contribution < -0.4 is 0 Å². The fraction of sp³-hybridized carbons (Fsp3) is 0.240. The Hall–Kier alpha value is -4.94. The molecule has 252 valence electrons. The second-order valence-corrected chi connectivity index (χ2v) is 13.7. The van der Waals surface area contributed by atoms with Crippen LogP contribution in [0.1, 0.15) is 98.6 Å². The maximum atomic E-state index is 2.29. The predicted molar refractivity (Wildman–Crippen MR) is 224 cm³/mol. The molecule has 6 aromatic carbocycles. The Balaban J connectivity index is 1.08. The highest BCUT2D eigenvalue weighted by Gasteiger charge is 2.06. The van der Waals surface area contributed by atoms with Gasteiger partial charge in [-0.25, -0.2) is 0 Å². The summed E-state index contributed by atoms with van der Waals surface area (Å²) in [4.78, 5) is 0. The molecule has 0 aliphatic heterocycles. The summed E-state index contributed by atoms with van der Waals surface area (Å²) in [6.07, 6.45) is 30.2. The minimum Gasteiger partial charge on any atom is -0.0654 e. The van der Waals surface area contributed by atoms with Crippen LogP contribution in [-0.2, 0) is 12.8 Å². The zero-order chi connectivity index (χ0) is 34.4. The topological polar surface area (TPSA) is 0 Å². The first kappa shape index (κ1) is 34.9. The normalized spacial score (nSPS) is 12.3. The monoisotopic (exact) mass is 652 g/mol. The molecule has 0 fully saturated rings. The molecule has 0 spiro atoms. The molecule has 0 N–H and O–H groups in total. The fourth-order valence-corrected chi connectivity index (χ4v) is 6.90. The number of benzene rings is 6. The lowest BCUT2D eigenvalue weighted by atomic mass is 9.95. The molecule has 0 saturated carbocycles. The number of aryl methyl sites for hydroxylation is 2. The van der Waals surface area contributed by atoms with Crippen LogP contribution in [0.2, 0.25) is 0 Å². The summed E-state index contributed by atoms with van der Waals surface area (Å²) in [5.41, 5.74) is 7.80. The number of fused-ring (bicyclic) bond motifs is 5. The standard InChI is InChI=1S/C50H52/c1-3-5-7-9-15-39-21-25-41(26-22-39)17-11-13-19-43-29-33-47-45(37-43)31-35-50-48-34-30-44(38-46(48)32-36-49(47)50)20-14-12-18-42-27-23-40(24-28-42)16-10-8-6-4-2/h11-14,17-38H,3-10,15-16H2,1-2H3. The lowest BCUT2D eigenvalue weighted by Crippen LogP contribution is -1.85. The molecule has 0 heteroatoms. The lowest BCUT2D eigenvalue weighted by Gasteiger charge is -2.09. The third-order valence-corrected chi connectivity index (χ3v) is 9.86. The molecule has 0 amide bonds. The Morgan fingerprint density at radius 1 is 0.340 bits per heavy atom. The Morgan fingerprint density at radius 2 is 0.700 bits per heavy atom. The van der Waals surface area contributed by atoms with Gasteiger partial charge in [0.2, 0.25) is 0 Å². The maximum absolute atomic E-state index is 2.29. The maximum Gasteiger partial charge on any atom is -0.00990 e. The zero-order valence-electron chi connectivity index (χ0n) is 30.1. The minimum atomic E-state index is 1.18. The van der Waals surface area contributed by atoms with Gasteiger partial charge in [-0.15, -0.1) is 0 Å².